The number of anilines is 1. The normalized spacial score (nSPS) is 23.7. The van der Waals surface area contributed by atoms with Crippen LogP contribution in [0.15, 0.2) is 12.1 Å². The van der Waals surface area contributed by atoms with Crippen molar-refractivity contribution in [1.82, 2.24) is 15.1 Å². The molecular formula is C18H27N5. The highest BCUT2D eigenvalue weighted by Gasteiger charge is 2.23. The average molecular weight is 313 g/mol. The van der Waals surface area contributed by atoms with Gasteiger partial charge in [-0.15, -0.1) is 10.2 Å². The van der Waals surface area contributed by atoms with Gasteiger partial charge >= 0.3 is 0 Å². The van der Waals surface area contributed by atoms with Crippen molar-refractivity contribution in [3.8, 4) is 6.07 Å². The number of likely N-dealkylation sites (tertiary alicyclic amines) is 1. The van der Waals surface area contributed by atoms with E-state index in [2.05, 4.69) is 26.9 Å². The van der Waals surface area contributed by atoms with E-state index in [0.29, 0.717) is 5.69 Å². The van der Waals surface area contributed by atoms with Crippen LogP contribution in [0.5, 0.6) is 0 Å². The summed E-state index contributed by atoms with van der Waals surface area (Å²) >= 11 is 0. The zero-order valence-corrected chi connectivity index (χ0v) is 14.1. The Morgan fingerprint density at radius 1 is 1.13 bits per heavy atom. The zero-order chi connectivity index (χ0) is 16.1. The molecule has 1 atom stereocenters. The third-order valence-corrected chi connectivity index (χ3v) is 5.47. The summed E-state index contributed by atoms with van der Waals surface area (Å²) in [4.78, 5) is 4.98. The molecule has 1 aromatic heterocycles. The van der Waals surface area contributed by atoms with Crippen LogP contribution < -0.4 is 4.90 Å². The summed E-state index contributed by atoms with van der Waals surface area (Å²) < 4.78 is 0. The molecule has 1 unspecified atom stereocenters. The number of nitrogens with zero attached hydrogens (tertiary/aromatic N) is 5. The van der Waals surface area contributed by atoms with Crippen molar-refractivity contribution in [2.45, 2.75) is 51.5 Å². The number of piperidine rings is 2. The number of hydrogen-bond donors (Lipinski definition) is 0. The van der Waals surface area contributed by atoms with E-state index in [1.165, 1.54) is 51.6 Å². The van der Waals surface area contributed by atoms with Crippen molar-refractivity contribution in [2.24, 2.45) is 5.92 Å². The molecule has 5 heteroatoms. The van der Waals surface area contributed by atoms with Gasteiger partial charge in [-0.25, -0.2) is 0 Å². The quantitative estimate of drug-likeness (QED) is 0.855. The van der Waals surface area contributed by atoms with Crippen LogP contribution in [0, 0.1) is 17.2 Å². The van der Waals surface area contributed by atoms with E-state index in [0.717, 1.165) is 30.9 Å². The number of rotatable bonds is 4. The highest BCUT2D eigenvalue weighted by Crippen LogP contribution is 2.25. The summed E-state index contributed by atoms with van der Waals surface area (Å²) in [5.74, 6) is 1.75. The van der Waals surface area contributed by atoms with Gasteiger partial charge in [0, 0.05) is 19.1 Å². The molecule has 2 saturated heterocycles. The predicted octanol–water partition coefficient (Wildman–Crippen LogP) is 2.83. The maximum atomic E-state index is 8.79. The minimum atomic E-state index is 0.388. The van der Waals surface area contributed by atoms with E-state index >= 15 is 0 Å². The largest absolute Gasteiger partial charge is 0.355 e. The topological polar surface area (TPSA) is 56.0 Å². The Kier molecular flexibility index (Phi) is 5.45. The van der Waals surface area contributed by atoms with Gasteiger partial charge in [0.15, 0.2) is 11.5 Å². The lowest BCUT2D eigenvalue weighted by Crippen LogP contribution is -2.40. The molecule has 0 bridgehead atoms. The highest BCUT2D eigenvalue weighted by atomic mass is 15.3. The molecule has 3 heterocycles. The molecular weight excluding hydrogens is 286 g/mol. The van der Waals surface area contributed by atoms with Gasteiger partial charge in [0.05, 0.1) is 0 Å². The maximum Gasteiger partial charge on any atom is 0.163 e. The summed E-state index contributed by atoms with van der Waals surface area (Å²) in [6, 6.07) is 6.47. The van der Waals surface area contributed by atoms with Gasteiger partial charge in [-0.2, -0.15) is 5.26 Å². The fraction of sp³-hybridized carbons (Fsp3) is 0.722. The van der Waals surface area contributed by atoms with Crippen molar-refractivity contribution in [3.05, 3.63) is 17.8 Å². The van der Waals surface area contributed by atoms with Gasteiger partial charge < -0.3 is 9.80 Å². The van der Waals surface area contributed by atoms with Crippen LogP contribution in [0.1, 0.15) is 51.1 Å². The second kappa shape index (κ2) is 7.74. The van der Waals surface area contributed by atoms with Gasteiger partial charge in [-0.05, 0) is 70.2 Å². The minimum Gasteiger partial charge on any atom is -0.355 e. The number of aromatic nitrogens is 2. The lowest BCUT2D eigenvalue weighted by Gasteiger charge is -2.36. The van der Waals surface area contributed by atoms with Gasteiger partial charge in [0.1, 0.15) is 6.07 Å². The van der Waals surface area contributed by atoms with E-state index in [9.17, 15) is 0 Å². The number of hydrogen-bond acceptors (Lipinski definition) is 5. The van der Waals surface area contributed by atoms with Gasteiger partial charge in [0.25, 0.3) is 0 Å². The Hall–Kier alpha value is -1.67. The van der Waals surface area contributed by atoms with Crippen molar-refractivity contribution in [2.75, 3.05) is 31.1 Å². The Morgan fingerprint density at radius 3 is 2.61 bits per heavy atom. The lowest BCUT2D eigenvalue weighted by molar-refractivity contribution is 0.147. The summed E-state index contributed by atoms with van der Waals surface area (Å²) in [6.45, 7) is 7.05. The van der Waals surface area contributed by atoms with Crippen LogP contribution >= 0.6 is 0 Å². The van der Waals surface area contributed by atoms with E-state index in [1.807, 2.05) is 12.1 Å². The van der Waals surface area contributed by atoms with Crippen LogP contribution in [0.4, 0.5) is 5.82 Å². The summed E-state index contributed by atoms with van der Waals surface area (Å²) in [5.41, 5.74) is 0.388. The molecule has 2 aliphatic rings. The average Bonchev–Trinajstić information content (AvgIpc) is 2.62. The third-order valence-electron chi connectivity index (χ3n) is 5.47. The van der Waals surface area contributed by atoms with Crippen LogP contribution in [0.2, 0.25) is 0 Å². The standard InChI is InChI=1S/C18H27N5/c1-15-4-2-3-10-22(15)11-7-16-8-12-23(13-9-16)18-6-5-17(14-19)20-21-18/h5-6,15-16H,2-4,7-13H2,1H3. The van der Waals surface area contributed by atoms with Gasteiger partial charge in [-0.1, -0.05) is 6.42 Å². The molecule has 5 nitrogen and oxygen atoms in total. The fourth-order valence-corrected chi connectivity index (χ4v) is 3.84. The Balaban J connectivity index is 1.43. The van der Waals surface area contributed by atoms with Gasteiger partial charge in [-0.3, -0.25) is 0 Å². The van der Waals surface area contributed by atoms with E-state index < -0.39 is 0 Å². The Morgan fingerprint density at radius 2 is 1.96 bits per heavy atom. The molecule has 0 saturated carbocycles. The predicted molar refractivity (Wildman–Crippen MR) is 91.2 cm³/mol. The monoisotopic (exact) mass is 313 g/mol. The van der Waals surface area contributed by atoms with Crippen LogP contribution in [-0.4, -0.2) is 47.3 Å². The first kappa shape index (κ1) is 16.2. The smallest absolute Gasteiger partial charge is 0.163 e. The first-order valence-corrected chi connectivity index (χ1v) is 8.99. The molecule has 2 aliphatic heterocycles. The van der Waals surface area contributed by atoms with Crippen LogP contribution in [-0.2, 0) is 0 Å². The van der Waals surface area contributed by atoms with Gasteiger partial charge in [0.2, 0.25) is 0 Å². The molecule has 2 fully saturated rings. The minimum absolute atomic E-state index is 0.388. The van der Waals surface area contributed by atoms with Crippen molar-refractivity contribution >= 4 is 5.82 Å². The first-order valence-electron chi connectivity index (χ1n) is 8.99. The molecule has 0 amide bonds. The molecule has 0 aromatic carbocycles. The second-order valence-corrected chi connectivity index (χ2v) is 6.99. The lowest BCUT2D eigenvalue weighted by atomic mass is 9.92. The highest BCUT2D eigenvalue weighted by molar-refractivity contribution is 5.39. The molecule has 23 heavy (non-hydrogen) atoms. The third kappa shape index (κ3) is 4.20. The second-order valence-electron chi connectivity index (χ2n) is 6.99. The Labute approximate surface area is 139 Å². The van der Waals surface area contributed by atoms with Crippen LogP contribution in [0.25, 0.3) is 0 Å². The van der Waals surface area contributed by atoms with Crippen molar-refractivity contribution < 1.29 is 0 Å². The molecule has 1 aromatic rings. The van der Waals surface area contributed by atoms with Crippen LogP contribution in [0.3, 0.4) is 0 Å². The van der Waals surface area contributed by atoms with Crippen molar-refractivity contribution in [1.29, 1.82) is 5.26 Å². The molecule has 0 spiro atoms. The maximum absolute atomic E-state index is 8.79. The zero-order valence-electron chi connectivity index (χ0n) is 14.1. The molecule has 0 N–H and O–H groups in total. The Bertz CT molecular complexity index is 527. The molecule has 3 rings (SSSR count). The van der Waals surface area contributed by atoms with Crippen molar-refractivity contribution in [3.63, 3.8) is 0 Å². The fourth-order valence-electron chi connectivity index (χ4n) is 3.84. The molecule has 124 valence electrons. The summed E-state index contributed by atoms with van der Waals surface area (Å²) in [7, 11) is 0. The van der Waals surface area contributed by atoms with E-state index in [-0.39, 0.29) is 0 Å². The SMILES string of the molecule is CC1CCCCN1CCC1CCN(c2ccc(C#N)nn2)CC1. The summed E-state index contributed by atoms with van der Waals surface area (Å²) in [6.07, 6.45) is 7.96. The summed E-state index contributed by atoms with van der Waals surface area (Å²) in [5, 5.41) is 16.9. The van der Waals surface area contributed by atoms with E-state index in [1.54, 1.807) is 6.07 Å². The molecule has 0 radical (unpaired) electrons. The van der Waals surface area contributed by atoms with E-state index in [4.69, 9.17) is 5.26 Å². The first-order chi connectivity index (χ1) is 11.3. The number of nitriles is 1. The molecule has 0 aliphatic carbocycles.